The molecular weight excluding hydrogens is 220 g/mol. The van der Waals surface area contributed by atoms with Gasteiger partial charge in [0.05, 0.1) is 0 Å². The van der Waals surface area contributed by atoms with Crippen molar-refractivity contribution < 1.29 is 0 Å². The summed E-state index contributed by atoms with van der Waals surface area (Å²) in [5, 5.41) is 0. The first-order valence-electron chi connectivity index (χ1n) is 7.98. The molecular formula is C16H32N2. The van der Waals surface area contributed by atoms with Gasteiger partial charge < -0.3 is 5.73 Å². The molecule has 2 N–H and O–H groups in total. The second kappa shape index (κ2) is 5.50. The molecule has 1 saturated carbocycles. The predicted octanol–water partition coefficient (Wildman–Crippen LogP) is 3.26. The molecule has 18 heavy (non-hydrogen) atoms. The van der Waals surface area contributed by atoms with E-state index < -0.39 is 0 Å². The Morgan fingerprint density at radius 1 is 1.17 bits per heavy atom. The molecule has 5 atom stereocenters. The maximum atomic E-state index is 6.27. The van der Waals surface area contributed by atoms with E-state index in [4.69, 9.17) is 5.73 Å². The van der Waals surface area contributed by atoms with Crippen LogP contribution in [-0.4, -0.2) is 29.6 Å². The van der Waals surface area contributed by atoms with Gasteiger partial charge in [-0.05, 0) is 63.3 Å². The molecule has 2 rings (SSSR count). The molecule has 1 saturated heterocycles. The van der Waals surface area contributed by atoms with Crippen molar-refractivity contribution in [2.75, 3.05) is 13.1 Å². The predicted molar refractivity (Wildman–Crippen MR) is 78.5 cm³/mol. The second-order valence-corrected chi connectivity index (χ2v) is 7.14. The summed E-state index contributed by atoms with van der Waals surface area (Å²) in [7, 11) is 0. The first-order valence-corrected chi connectivity index (χ1v) is 7.98. The lowest BCUT2D eigenvalue weighted by Gasteiger charge is -2.56. The van der Waals surface area contributed by atoms with Crippen molar-refractivity contribution in [1.82, 2.24) is 4.90 Å². The van der Waals surface area contributed by atoms with Crippen LogP contribution in [0.4, 0.5) is 0 Å². The minimum Gasteiger partial charge on any atom is -0.329 e. The van der Waals surface area contributed by atoms with E-state index in [-0.39, 0.29) is 0 Å². The van der Waals surface area contributed by atoms with Gasteiger partial charge in [-0.15, -0.1) is 0 Å². The van der Waals surface area contributed by atoms with E-state index in [1.165, 1.54) is 38.6 Å². The van der Waals surface area contributed by atoms with Crippen molar-refractivity contribution in [3.05, 3.63) is 0 Å². The van der Waals surface area contributed by atoms with Crippen LogP contribution in [0.15, 0.2) is 0 Å². The van der Waals surface area contributed by atoms with Crippen LogP contribution in [0.5, 0.6) is 0 Å². The van der Waals surface area contributed by atoms with Crippen molar-refractivity contribution in [2.24, 2.45) is 23.5 Å². The highest BCUT2D eigenvalue weighted by atomic mass is 15.2. The summed E-state index contributed by atoms with van der Waals surface area (Å²) in [5.74, 6) is 2.46. The van der Waals surface area contributed by atoms with Crippen molar-refractivity contribution >= 4 is 0 Å². The smallest absolute Gasteiger partial charge is 0.0360 e. The Labute approximate surface area is 113 Å². The number of piperidine rings is 1. The number of hydrogen-bond donors (Lipinski definition) is 1. The van der Waals surface area contributed by atoms with Gasteiger partial charge in [0.15, 0.2) is 0 Å². The number of nitrogens with two attached hydrogens (primary N) is 1. The quantitative estimate of drug-likeness (QED) is 0.817. The fraction of sp³-hybridized carbons (Fsp3) is 1.00. The van der Waals surface area contributed by atoms with Gasteiger partial charge in [-0.25, -0.2) is 0 Å². The summed E-state index contributed by atoms with van der Waals surface area (Å²) in [5.41, 5.74) is 6.56. The SMILES string of the molecule is CC1CCC(CN)(N2CCCC(C)C2C)C(C)C1. The van der Waals surface area contributed by atoms with E-state index in [2.05, 4.69) is 32.6 Å². The summed E-state index contributed by atoms with van der Waals surface area (Å²) in [4.78, 5) is 2.79. The molecule has 0 radical (unpaired) electrons. The van der Waals surface area contributed by atoms with Crippen LogP contribution in [0.1, 0.15) is 59.8 Å². The van der Waals surface area contributed by atoms with E-state index >= 15 is 0 Å². The van der Waals surface area contributed by atoms with Gasteiger partial charge in [-0.2, -0.15) is 0 Å². The molecule has 0 aromatic rings. The molecule has 2 fully saturated rings. The Kier molecular flexibility index (Phi) is 4.38. The number of likely N-dealkylation sites (tertiary alicyclic amines) is 1. The fourth-order valence-corrected chi connectivity index (χ4v) is 4.49. The third-order valence-electron chi connectivity index (χ3n) is 6.04. The van der Waals surface area contributed by atoms with E-state index in [1.54, 1.807) is 0 Å². The largest absolute Gasteiger partial charge is 0.329 e. The van der Waals surface area contributed by atoms with E-state index in [1.807, 2.05) is 0 Å². The van der Waals surface area contributed by atoms with Crippen LogP contribution in [0, 0.1) is 17.8 Å². The first-order chi connectivity index (χ1) is 8.51. The average molecular weight is 252 g/mol. The van der Waals surface area contributed by atoms with Gasteiger partial charge >= 0.3 is 0 Å². The average Bonchev–Trinajstić information content (AvgIpc) is 2.34. The molecule has 2 nitrogen and oxygen atoms in total. The first kappa shape index (κ1) is 14.3. The standard InChI is InChI=1S/C16H32N2/c1-12-7-8-16(11-17,14(3)10-12)18-9-5-6-13(2)15(18)4/h12-15H,5-11,17H2,1-4H3. The molecule has 0 spiro atoms. The van der Waals surface area contributed by atoms with Gasteiger partial charge in [-0.3, -0.25) is 4.90 Å². The van der Waals surface area contributed by atoms with Gasteiger partial charge in [0.1, 0.15) is 0 Å². The summed E-state index contributed by atoms with van der Waals surface area (Å²) < 4.78 is 0. The Morgan fingerprint density at radius 2 is 1.89 bits per heavy atom. The topological polar surface area (TPSA) is 29.3 Å². The zero-order chi connectivity index (χ0) is 13.3. The van der Waals surface area contributed by atoms with E-state index in [9.17, 15) is 0 Å². The monoisotopic (exact) mass is 252 g/mol. The molecule has 0 amide bonds. The zero-order valence-electron chi connectivity index (χ0n) is 12.8. The molecule has 1 aliphatic heterocycles. The highest BCUT2D eigenvalue weighted by molar-refractivity contribution is 5.02. The highest BCUT2D eigenvalue weighted by Crippen LogP contribution is 2.43. The second-order valence-electron chi connectivity index (χ2n) is 7.14. The Morgan fingerprint density at radius 3 is 2.50 bits per heavy atom. The zero-order valence-corrected chi connectivity index (χ0v) is 12.8. The lowest BCUT2D eigenvalue weighted by Crippen LogP contribution is -2.64. The van der Waals surface area contributed by atoms with Crippen LogP contribution in [0.3, 0.4) is 0 Å². The van der Waals surface area contributed by atoms with Crippen molar-refractivity contribution in [3.63, 3.8) is 0 Å². The van der Waals surface area contributed by atoms with E-state index in [0.29, 0.717) is 11.6 Å². The van der Waals surface area contributed by atoms with E-state index in [0.717, 1.165) is 24.3 Å². The van der Waals surface area contributed by atoms with Gasteiger partial charge in [0, 0.05) is 18.1 Å². The van der Waals surface area contributed by atoms with Gasteiger partial charge in [0.2, 0.25) is 0 Å². The summed E-state index contributed by atoms with van der Waals surface area (Å²) in [6, 6.07) is 0.707. The highest BCUT2D eigenvalue weighted by Gasteiger charge is 2.46. The van der Waals surface area contributed by atoms with Crippen molar-refractivity contribution in [2.45, 2.75) is 71.4 Å². The maximum Gasteiger partial charge on any atom is 0.0360 e. The molecule has 1 heterocycles. The normalized spacial score (nSPS) is 47.2. The van der Waals surface area contributed by atoms with Crippen LogP contribution in [0.2, 0.25) is 0 Å². The van der Waals surface area contributed by atoms with Crippen molar-refractivity contribution in [1.29, 1.82) is 0 Å². The minimum absolute atomic E-state index is 0.292. The molecule has 106 valence electrons. The Balaban J connectivity index is 2.20. The van der Waals surface area contributed by atoms with Gasteiger partial charge in [-0.1, -0.05) is 20.8 Å². The summed E-state index contributed by atoms with van der Waals surface area (Å²) >= 11 is 0. The molecule has 0 aromatic carbocycles. The molecule has 0 aromatic heterocycles. The minimum atomic E-state index is 0.292. The van der Waals surface area contributed by atoms with Crippen LogP contribution in [0.25, 0.3) is 0 Å². The number of hydrogen-bond acceptors (Lipinski definition) is 2. The van der Waals surface area contributed by atoms with Crippen molar-refractivity contribution in [3.8, 4) is 0 Å². The maximum absolute atomic E-state index is 6.27. The third-order valence-corrected chi connectivity index (χ3v) is 6.04. The number of rotatable bonds is 2. The third kappa shape index (κ3) is 2.34. The Hall–Kier alpha value is -0.0800. The molecule has 0 bridgehead atoms. The molecule has 2 heteroatoms. The molecule has 2 aliphatic rings. The van der Waals surface area contributed by atoms with Crippen LogP contribution in [-0.2, 0) is 0 Å². The lowest BCUT2D eigenvalue weighted by atomic mass is 9.67. The summed E-state index contributed by atoms with van der Waals surface area (Å²) in [6.45, 7) is 11.8. The van der Waals surface area contributed by atoms with Gasteiger partial charge in [0.25, 0.3) is 0 Å². The van der Waals surface area contributed by atoms with Crippen LogP contribution < -0.4 is 5.73 Å². The Bertz CT molecular complexity index is 278. The number of nitrogens with zero attached hydrogens (tertiary/aromatic N) is 1. The molecule has 1 aliphatic carbocycles. The summed E-state index contributed by atoms with van der Waals surface area (Å²) in [6.07, 6.45) is 6.77. The lowest BCUT2D eigenvalue weighted by molar-refractivity contribution is -0.0550. The van der Waals surface area contributed by atoms with Crippen LogP contribution >= 0.6 is 0 Å². The molecule has 5 unspecified atom stereocenters. The fourth-order valence-electron chi connectivity index (χ4n) is 4.49.